The Hall–Kier alpha value is -3.02. The largest absolute Gasteiger partial charge is 0.504 e. The summed E-state index contributed by atoms with van der Waals surface area (Å²) in [6.07, 6.45) is 0.372. The van der Waals surface area contributed by atoms with Crippen LogP contribution in [0.2, 0.25) is 0 Å². The third kappa shape index (κ3) is 9.97. The molecule has 0 radical (unpaired) electrons. The number of ether oxygens (including phenoxy) is 2. The summed E-state index contributed by atoms with van der Waals surface area (Å²) < 4.78 is 9.70. The monoisotopic (exact) mass is 362 g/mol. The molecular formula is C20H26O6. The fourth-order valence-electron chi connectivity index (χ4n) is 1.75. The van der Waals surface area contributed by atoms with Crippen molar-refractivity contribution in [1.82, 2.24) is 0 Å². The molecule has 2 rings (SSSR count). The number of rotatable bonds is 4. The first kappa shape index (κ1) is 23.0. The Labute approximate surface area is 154 Å². The van der Waals surface area contributed by atoms with Crippen molar-refractivity contribution in [2.45, 2.75) is 27.2 Å². The first-order valence-corrected chi connectivity index (χ1v) is 7.85. The molecule has 0 aliphatic carbocycles. The number of methoxy groups -OCH3 is 2. The molecular weight excluding hydrogens is 336 g/mol. The summed E-state index contributed by atoms with van der Waals surface area (Å²) in [6.45, 7) is 4.58. The van der Waals surface area contributed by atoms with Gasteiger partial charge in [0.25, 0.3) is 0 Å². The molecule has 0 fully saturated rings. The van der Waals surface area contributed by atoms with Gasteiger partial charge in [0.2, 0.25) is 0 Å². The molecule has 2 N–H and O–H groups in total. The van der Waals surface area contributed by atoms with Gasteiger partial charge in [-0.3, -0.25) is 4.79 Å². The standard InChI is InChI=1S/C10H12O3.C7H8O2.C3H6O/c1-7(11)5-8-3-4-9(12)10(6-8)13-2;1-9-7-5-3-2-4-6(7)8;1-3(2)4/h3-4,6,12H,5H2,1-2H3;2-5,8H,1H3;1-2H3. The van der Waals surface area contributed by atoms with Gasteiger partial charge in [-0.2, -0.15) is 0 Å². The molecule has 6 nitrogen and oxygen atoms in total. The van der Waals surface area contributed by atoms with Gasteiger partial charge in [-0.25, -0.2) is 0 Å². The summed E-state index contributed by atoms with van der Waals surface area (Å²) in [4.78, 5) is 20.2. The van der Waals surface area contributed by atoms with Crippen LogP contribution >= 0.6 is 0 Å². The van der Waals surface area contributed by atoms with E-state index >= 15 is 0 Å². The lowest BCUT2D eigenvalue weighted by Gasteiger charge is -2.04. The fraction of sp³-hybridized carbons (Fsp3) is 0.300. The second-order valence-electron chi connectivity index (χ2n) is 5.47. The molecule has 2 aromatic rings. The molecule has 0 atom stereocenters. The zero-order valence-corrected chi connectivity index (χ0v) is 15.8. The Kier molecular flexibility index (Phi) is 10.9. The van der Waals surface area contributed by atoms with Crippen molar-refractivity contribution >= 4 is 11.6 Å². The molecule has 2 aromatic carbocycles. The van der Waals surface area contributed by atoms with E-state index in [4.69, 9.17) is 14.6 Å². The SMILES string of the molecule is CC(C)=O.COc1cc(CC(C)=O)ccc1O.COc1ccccc1O. The van der Waals surface area contributed by atoms with E-state index in [1.165, 1.54) is 41.1 Å². The first-order valence-electron chi connectivity index (χ1n) is 7.85. The number of hydrogen-bond acceptors (Lipinski definition) is 6. The number of aromatic hydroxyl groups is 2. The molecule has 0 saturated heterocycles. The van der Waals surface area contributed by atoms with Crippen LogP contribution in [0.1, 0.15) is 26.3 Å². The lowest BCUT2D eigenvalue weighted by Crippen LogP contribution is -1.96. The number of phenolic OH excluding ortho intramolecular Hbond substituents is 2. The van der Waals surface area contributed by atoms with E-state index < -0.39 is 0 Å². The van der Waals surface area contributed by atoms with Gasteiger partial charge >= 0.3 is 0 Å². The van der Waals surface area contributed by atoms with Crippen molar-refractivity contribution < 1.29 is 29.3 Å². The number of carbonyl (C=O) groups excluding carboxylic acids is 2. The van der Waals surface area contributed by atoms with Gasteiger partial charge in [-0.05, 0) is 50.6 Å². The summed E-state index contributed by atoms with van der Waals surface area (Å²) >= 11 is 0. The summed E-state index contributed by atoms with van der Waals surface area (Å²) in [5, 5.41) is 18.2. The van der Waals surface area contributed by atoms with Crippen molar-refractivity contribution in [3.05, 3.63) is 48.0 Å². The summed E-state index contributed by atoms with van der Waals surface area (Å²) in [6, 6.07) is 11.7. The molecule has 0 bridgehead atoms. The highest BCUT2D eigenvalue weighted by molar-refractivity contribution is 5.78. The van der Waals surface area contributed by atoms with Crippen LogP contribution < -0.4 is 9.47 Å². The second kappa shape index (κ2) is 12.4. The summed E-state index contributed by atoms with van der Waals surface area (Å²) in [7, 11) is 3.00. The Morgan fingerprint density at radius 2 is 1.35 bits per heavy atom. The molecule has 0 unspecified atom stereocenters. The summed E-state index contributed by atoms with van der Waals surface area (Å²) in [5.74, 6) is 1.44. The van der Waals surface area contributed by atoms with Crippen LogP contribution in [0, 0.1) is 0 Å². The number of para-hydroxylation sites is 2. The maximum atomic E-state index is 10.8. The van der Waals surface area contributed by atoms with Crippen molar-refractivity contribution in [1.29, 1.82) is 0 Å². The second-order valence-corrected chi connectivity index (χ2v) is 5.47. The van der Waals surface area contributed by atoms with E-state index in [0.717, 1.165) is 5.56 Å². The Morgan fingerprint density at radius 3 is 1.77 bits per heavy atom. The predicted molar refractivity (Wildman–Crippen MR) is 100 cm³/mol. The minimum Gasteiger partial charge on any atom is -0.504 e. The average molecular weight is 362 g/mol. The van der Waals surface area contributed by atoms with Gasteiger partial charge in [-0.1, -0.05) is 18.2 Å². The first-order chi connectivity index (χ1) is 12.2. The van der Waals surface area contributed by atoms with Crippen LogP contribution in [0.25, 0.3) is 0 Å². The van der Waals surface area contributed by atoms with E-state index in [2.05, 4.69) is 0 Å². The smallest absolute Gasteiger partial charge is 0.160 e. The molecule has 6 heteroatoms. The Balaban J connectivity index is 0.000000416. The lowest BCUT2D eigenvalue weighted by molar-refractivity contribution is -0.116. The number of hydrogen-bond donors (Lipinski definition) is 2. The van der Waals surface area contributed by atoms with Gasteiger partial charge in [-0.15, -0.1) is 0 Å². The Bertz CT molecular complexity index is 705. The zero-order valence-electron chi connectivity index (χ0n) is 15.8. The summed E-state index contributed by atoms with van der Waals surface area (Å²) in [5.41, 5.74) is 0.849. The number of Topliss-reactive ketones (excluding diaryl/α,β-unsaturated/α-hetero) is 2. The van der Waals surface area contributed by atoms with E-state index in [9.17, 15) is 14.7 Å². The van der Waals surface area contributed by atoms with Crippen molar-refractivity contribution in [3.63, 3.8) is 0 Å². The van der Waals surface area contributed by atoms with Crippen LogP contribution in [0.15, 0.2) is 42.5 Å². The van der Waals surface area contributed by atoms with Gasteiger partial charge in [0.05, 0.1) is 14.2 Å². The van der Waals surface area contributed by atoms with Crippen LogP contribution in [-0.2, 0) is 16.0 Å². The lowest BCUT2D eigenvalue weighted by atomic mass is 10.1. The third-order valence-corrected chi connectivity index (χ3v) is 2.78. The van der Waals surface area contributed by atoms with Crippen molar-refractivity contribution in [2.24, 2.45) is 0 Å². The predicted octanol–water partition coefficient (Wildman–Crippen LogP) is 3.53. The molecule has 0 aromatic heterocycles. The molecule has 0 aliphatic heterocycles. The van der Waals surface area contributed by atoms with Crippen molar-refractivity contribution in [3.8, 4) is 23.0 Å². The van der Waals surface area contributed by atoms with Crippen LogP contribution in [0.4, 0.5) is 0 Å². The van der Waals surface area contributed by atoms with Crippen LogP contribution in [0.3, 0.4) is 0 Å². The van der Waals surface area contributed by atoms with E-state index in [-0.39, 0.29) is 23.1 Å². The van der Waals surface area contributed by atoms with Gasteiger partial charge in [0, 0.05) is 6.42 Å². The number of ketones is 2. The highest BCUT2D eigenvalue weighted by Crippen LogP contribution is 2.26. The zero-order chi connectivity index (χ0) is 20.1. The molecule has 0 spiro atoms. The van der Waals surface area contributed by atoms with E-state index in [1.54, 1.807) is 36.4 Å². The van der Waals surface area contributed by atoms with Gasteiger partial charge in [0.15, 0.2) is 23.0 Å². The normalized spacial score (nSPS) is 8.96. The number of carbonyl (C=O) groups is 2. The van der Waals surface area contributed by atoms with Gasteiger partial charge in [0.1, 0.15) is 11.6 Å². The molecule has 0 saturated carbocycles. The maximum Gasteiger partial charge on any atom is 0.160 e. The molecule has 142 valence electrons. The average Bonchev–Trinajstić information content (AvgIpc) is 2.57. The topological polar surface area (TPSA) is 93.1 Å². The maximum absolute atomic E-state index is 10.8. The molecule has 0 amide bonds. The third-order valence-electron chi connectivity index (χ3n) is 2.78. The van der Waals surface area contributed by atoms with Crippen molar-refractivity contribution in [2.75, 3.05) is 14.2 Å². The number of phenols is 2. The fourth-order valence-corrected chi connectivity index (χ4v) is 1.75. The highest BCUT2D eigenvalue weighted by atomic mass is 16.5. The molecule has 0 heterocycles. The quantitative estimate of drug-likeness (QED) is 0.864. The van der Waals surface area contributed by atoms with Gasteiger partial charge < -0.3 is 24.5 Å². The van der Waals surface area contributed by atoms with Crippen LogP contribution in [-0.4, -0.2) is 36.0 Å². The highest BCUT2D eigenvalue weighted by Gasteiger charge is 2.03. The minimum atomic E-state index is 0.0905. The van der Waals surface area contributed by atoms with E-state index in [0.29, 0.717) is 17.9 Å². The van der Waals surface area contributed by atoms with E-state index in [1.807, 2.05) is 0 Å². The molecule has 26 heavy (non-hydrogen) atoms. The molecule has 0 aliphatic rings. The Morgan fingerprint density at radius 1 is 0.846 bits per heavy atom. The minimum absolute atomic E-state index is 0.0905. The van der Waals surface area contributed by atoms with Crippen LogP contribution in [0.5, 0.6) is 23.0 Å². The number of benzene rings is 2.